The molecular weight excluding hydrogens is 138 g/mol. The van der Waals surface area contributed by atoms with Crippen molar-refractivity contribution in [3.05, 3.63) is 18.0 Å². The van der Waals surface area contributed by atoms with Crippen LogP contribution in [0.3, 0.4) is 0 Å². The Hall–Kier alpha value is -0.830. The van der Waals surface area contributed by atoms with Crippen LogP contribution in [0.15, 0.2) is 12.3 Å². The summed E-state index contributed by atoms with van der Waals surface area (Å²) in [5.41, 5.74) is 1.12. The van der Waals surface area contributed by atoms with Gasteiger partial charge in [-0.05, 0) is 19.5 Å². The number of aromatic nitrogens is 2. The van der Waals surface area contributed by atoms with Gasteiger partial charge in [0.05, 0.1) is 11.7 Å². The maximum absolute atomic E-state index is 4.31. The van der Waals surface area contributed by atoms with Crippen LogP contribution in [0, 0.1) is 0 Å². The van der Waals surface area contributed by atoms with E-state index in [9.17, 15) is 0 Å². The Labute approximate surface area is 67.4 Å². The Balaban J connectivity index is 2.73. The van der Waals surface area contributed by atoms with E-state index in [-0.39, 0.29) is 0 Å². The third kappa shape index (κ3) is 1.80. The van der Waals surface area contributed by atoms with Gasteiger partial charge in [-0.25, -0.2) is 0 Å². The van der Waals surface area contributed by atoms with Crippen molar-refractivity contribution in [2.45, 2.75) is 19.4 Å². The summed E-state index contributed by atoms with van der Waals surface area (Å²) in [5, 5.41) is 7.51. The minimum Gasteiger partial charge on any atom is -0.312 e. The molecule has 0 saturated carbocycles. The lowest BCUT2D eigenvalue weighted by Crippen LogP contribution is -2.15. The van der Waals surface area contributed by atoms with Gasteiger partial charge in [0.25, 0.3) is 0 Å². The number of nitrogens with one attached hydrogen (secondary N) is 1. The molecule has 3 nitrogen and oxygen atoms in total. The summed E-state index contributed by atoms with van der Waals surface area (Å²) < 4.78 is 1.83. The van der Waals surface area contributed by atoms with Crippen molar-refractivity contribution < 1.29 is 0 Å². The fraction of sp³-hybridized carbons (Fsp3) is 0.625. The van der Waals surface area contributed by atoms with Crippen LogP contribution in [0.5, 0.6) is 0 Å². The molecule has 1 heterocycles. The maximum atomic E-state index is 4.31. The van der Waals surface area contributed by atoms with Crippen LogP contribution in [0.25, 0.3) is 0 Å². The summed E-state index contributed by atoms with van der Waals surface area (Å²) in [6, 6.07) is 2.45. The number of hydrogen-bond acceptors (Lipinski definition) is 2. The summed E-state index contributed by atoms with van der Waals surface area (Å²) in [6.07, 6.45) is 3.04. The smallest absolute Gasteiger partial charge is 0.0793 e. The van der Waals surface area contributed by atoms with E-state index >= 15 is 0 Å². The second kappa shape index (κ2) is 3.53. The second-order valence-corrected chi connectivity index (χ2v) is 2.66. The van der Waals surface area contributed by atoms with E-state index < -0.39 is 0 Å². The molecule has 0 saturated heterocycles. The van der Waals surface area contributed by atoms with Gasteiger partial charge >= 0.3 is 0 Å². The first-order valence-electron chi connectivity index (χ1n) is 3.94. The Morgan fingerprint density at radius 2 is 2.45 bits per heavy atom. The van der Waals surface area contributed by atoms with E-state index in [0.29, 0.717) is 6.04 Å². The molecule has 3 heteroatoms. The monoisotopic (exact) mass is 153 g/mol. The molecule has 0 aromatic carbocycles. The van der Waals surface area contributed by atoms with E-state index in [1.165, 1.54) is 0 Å². The van der Waals surface area contributed by atoms with E-state index in [4.69, 9.17) is 0 Å². The molecule has 0 amide bonds. The van der Waals surface area contributed by atoms with Gasteiger partial charge in [0, 0.05) is 13.2 Å². The highest BCUT2D eigenvalue weighted by atomic mass is 15.3. The summed E-state index contributed by atoms with van der Waals surface area (Å²) >= 11 is 0. The molecule has 0 bridgehead atoms. The predicted octanol–water partition coefficient (Wildman–Crippen LogP) is 1.09. The summed E-state index contributed by atoms with van der Waals surface area (Å²) in [5.74, 6) is 0. The second-order valence-electron chi connectivity index (χ2n) is 2.66. The SMILES string of the molecule is CCC(NC)c1ccn(C)n1. The Kier molecular flexibility index (Phi) is 2.65. The number of hydrogen-bond donors (Lipinski definition) is 1. The van der Waals surface area contributed by atoms with E-state index in [1.807, 2.05) is 31.0 Å². The standard InChI is InChI=1S/C8H15N3/c1-4-7(9-2)8-5-6-11(3)10-8/h5-7,9H,4H2,1-3H3. The molecule has 0 fully saturated rings. The highest BCUT2D eigenvalue weighted by Gasteiger charge is 2.07. The quantitative estimate of drug-likeness (QED) is 0.704. The zero-order valence-corrected chi connectivity index (χ0v) is 7.33. The lowest BCUT2D eigenvalue weighted by atomic mass is 10.2. The molecule has 1 rings (SSSR count). The molecule has 0 spiro atoms. The zero-order valence-electron chi connectivity index (χ0n) is 7.33. The molecule has 1 aromatic heterocycles. The van der Waals surface area contributed by atoms with Crippen LogP contribution in [0.4, 0.5) is 0 Å². The Bertz CT molecular complexity index is 213. The van der Waals surface area contributed by atoms with Crippen LogP contribution in [0.2, 0.25) is 0 Å². The number of aryl methyl sites for hydroxylation is 1. The van der Waals surface area contributed by atoms with Gasteiger partial charge in [-0.3, -0.25) is 4.68 Å². The van der Waals surface area contributed by atoms with Crippen LogP contribution < -0.4 is 5.32 Å². The third-order valence-corrected chi connectivity index (χ3v) is 1.85. The molecule has 0 aliphatic carbocycles. The Morgan fingerprint density at radius 3 is 2.82 bits per heavy atom. The lowest BCUT2D eigenvalue weighted by Gasteiger charge is -2.09. The van der Waals surface area contributed by atoms with Crippen molar-refractivity contribution >= 4 is 0 Å². The highest BCUT2D eigenvalue weighted by Crippen LogP contribution is 2.11. The van der Waals surface area contributed by atoms with Crippen LogP contribution in [-0.2, 0) is 7.05 Å². The van der Waals surface area contributed by atoms with Crippen molar-refractivity contribution in [3.8, 4) is 0 Å². The summed E-state index contributed by atoms with van der Waals surface area (Å²) in [7, 11) is 3.90. The fourth-order valence-corrected chi connectivity index (χ4v) is 1.18. The van der Waals surface area contributed by atoms with Crippen molar-refractivity contribution in [1.82, 2.24) is 15.1 Å². The third-order valence-electron chi connectivity index (χ3n) is 1.85. The van der Waals surface area contributed by atoms with Crippen molar-refractivity contribution in [2.75, 3.05) is 7.05 Å². The Morgan fingerprint density at radius 1 is 1.73 bits per heavy atom. The molecular formula is C8H15N3. The average molecular weight is 153 g/mol. The lowest BCUT2D eigenvalue weighted by molar-refractivity contribution is 0.550. The van der Waals surface area contributed by atoms with E-state index in [1.54, 1.807) is 0 Å². The molecule has 0 aliphatic rings. The maximum Gasteiger partial charge on any atom is 0.0793 e. The van der Waals surface area contributed by atoms with Gasteiger partial charge in [-0.15, -0.1) is 0 Å². The summed E-state index contributed by atoms with van der Waals surface area (Å²) in [6.45, 7) is 2.15. The van der Waals surface area contributed by atoms with Crippen molar-refractivity contribution in [3.63, 3.8) is 0 Å². The van der Waals surface area contributed by atoms with Gasteiger partial charge in [-0.1, -0.05) is 6.92 Å². The molecule has 1 unspecified atom stereocenters. The normalized spacial score (nSPS) is 13.4. The minimum absolute atomic E-state index is 0.399. The highest BCUT2D eigenvalue weighted by molar-refractivity contribution is 5.04. The topological polar surface area (TPSA) is 29.9 Å². The predicted molar refractivity (Wildman–Crippen MR) is 45.3 cm³/mol. The first kappa shape index (κ1) is 8.27. The van der Waals surface area contributed by atoms with Crippen molar-refractivity contribution in [1.29, 1.82) is 0 Å². The first-order valence-corrected chi connectivity index (χ1v) is 3.94. The first-order chi connectivity index (χ1) is 5.27. The van der Waals surface area contributed by atoms with Crippen LogP contribution in [0.1, 0.15) is 25.1 Å². The number of nitrogens with zero attached hydrogens (tertiary/aromatic N) is 2. The van der Waals surface area contributed by atoms with Gasteiger partial charge in [0.2, 0.25) is 0 Å². The van der Waals surface area contributed by atoms with Gasteiger partial charge in [-0.2, -0.15) is 5.10 Å². The average Bonchev–Trinajstić information content (AvgIpc) is 2.39. The molecule has 62 valence electrons. The summed E-state index contributed by atoms with van der Waals surface area (Å²) in [4.78, 5) is 0. The van der Waals surface area contributed by atoms with Crippen LogP contribution >= 0.6 is 0 Å². The fourth-order valence-electron chi connectivity index (χ4n) is 1.18. The number of rotatable bonds is 3. The van der Waals surface area contributed by atoms with Gasteiger partial charge in [0.15, 0.2) is 0 Å². The van der Waals surface area contributed by atoms with E-state index in [0.717, 1.165) is 12.1 Å². The minimum atomic E-state index is 0.399. The molecule has 11 heavy (non-hydrogen) atoms. The molecule has 0 aliphatic heterocycles. The molecule has 1 aromatic rings. The molecule has 1 atom stereocenters. The van der Waals surface area contributed by atoms with Gasteiger partial charge in [0.1, 0.15) is 0 Å². The van der Waals surface area contributed by atoms with E-state index in [2.05, 4.69) is 17.3 Å². The van der Waals surface area contributed by atoms with Gasteiger partial charge < -0.3 is 5.32 Å². The largest absolute Gasteiger partial charge is 0.312 e. The molecule has 0 radical (unpaired) electrons. The zero-order chi connectivity index (χ0) is 8.27. The van der Waals surface area contributed by atoms with Crippen molar-refractivity contribution in [2.24, 2.45) is 7.05 Å². The molecule has 1 N–H and O–H groups in total. The van der Waals surface area contributed by atoms with Crippen LogP contribution in [-0.4, -0.2) is 16.8 Å².